The summed E-state index contributed by atoms with van der Waals surface area (Å²) in [7, 11) is 0. The highest BCUT2D eigenvalue weighted by molar-refractivity contribution is 7.98. The summed E-state index contributed by atoms with van der Waals surface area (Å²) in [6, 6.07) is 14.2. The molecule has 0 spiro atoms. The minimum Gasteiger partial charge on any atom is -0.361 e. The number of aromatic nitrogens is 2. The highest BCUT2D eigenvalue weighted by Crippen LogP contribution is 2.25. The molecule has 0 N–H and O–H groups in total. The zero-order valence-electron chi connectivity index (χ0n) is 17.4. The maximum Gasteiger partial charge on any atom is 0.256 e. The maximum atomic E-state index is 13.2. The van der Waals surface area contributed by atoms with E-state index in [0.29, 0.717) is 11.3 Å². The average Bonchev–Trinajstić information content (AvgIpc) is 3.18. The lowest BCUT2D eigenvalue weighted by atomic mass is 10.1. The molecule has 0 saturated carbocycles. The third kappa shape index (κ3) is 5.09. The molecule has 1 saturated heterocycles. The molecule has 1 amide bonds. The van der Waals surface area contributed by atoms with Gasteiger partial charge in [-0.15, -0.1) is 0 Å². The third-order valence-electron chi connectivity index (χ3n) is 5.18. The van der Waals surface area contributed by atoms with E-state index in [9.17, 15) is 4.79 Å². The Morgan fingerprint density at radius 2 is 1.93 bits per heavy atom. The van der Waals surface area contributed by atoms with Crippen molar-refractivity contribution in [3.05, 3.63) is 76.8 Å². The van der Waals surface area contributed by atoms with Gasteiger partial charge in [0.15, 0.2) is 0 Å². The van der Waals surface area contributed by atoms with Crippen LogP contribution in [0.2, 0.25) is 0 Å². The number of thioether (sulfide) groups is 1. The van der Waals surface area contributed by atoms with E-state index in [1.807, 2.05) is 30.0 Å². The van der Waals surface area contributed by atoms with E-state index in [1.54, 1.807) is 6.20 Å². The average molecular weight is 423 g/mol. The van der Waals surface area contributed by atoms with Crippen LogP contribution in [-0.4, -0.2) is 52.0 Å². The van der Waals surface area contributed by atoms with Crippen molar-refractivity contribution in [1.29, 1.82) is 0 Å². The van der Waals surface area contributed by atoms with Gasteiger partial charge in [0.25, 0.3) is 5.91 Å². The Bertz CT molecular complexity index is 1010. The molecule has 6 nitrogen and oxygen atoms in total. The quantitative estimate of drug-likeness (QED) is 0.561. The summed E-state index contributed by atoms with van der Waals surface area (Å²) in [5.41, 5.74) is 4.12. The first-order chi connectivity index (χ1) is 14.6. The molecule has 4 rings (SSSR count). The summed E-state index contributed by atoms with van der Waals surface area (Å²) in [5, 5.41) is 4.76. The number of benzene rings is 1. The van der Waals surface area contributed by atoms with Crippen molar-refractivity contribution in [3.63, 3.8) is 0 Å². The number of hydrogen-bond donors (Lipinski definition) is 0. The van der Waals surface area contributed by atoms with Crippen molar-refractivity contribution >= 4 is 17.7 Å². The third-order valence-corrected chi connectivity index (χ3v) is 6.22. The summed E-state index contributed by atoms with van der Waals surface area (Å²) in [5.74, 6) is 1.46. The lowest BCUT2D eigenvalue weighted by Crippen LogP contribution is -2.48. The first kappa shape index (κ1) is 20.6. The number of aryl methyl sites for hydroxylation is 2. The second-order valence-corrected chi connectivity index (χ2v) is 8.60. The van der Waals surface area contributed by atoms with Crippen LogP contribution in [0.25, 0.3) is 0 Å². The Kier molecular flexibility index (Phi) is 6.50. The smallest absolute Gasteiger partial charge is 0.256 e. The second-order valence-electron chi connectivity index (χ2n) is 7.63. The lowest BCUT2D eigenvalue weighted by Gasteiger charge is -2.35. The number of pyridine rings is 1. The monoisotopic (exact) mass is 422 g/mol. The molecular weight excluding hydrogens is 396 g/mol. The Hall–Kier alpha value is -2.64. The Morgan fingerprint density at radius 1 is 1.10 bits per heavy atom. The first-order valence-electron chi connectivity index (χ1n) is 10.2. The number of piperazine rings is 1. The van der Waals surface area contributed by atoms with Crippen molar-refractivity contribution in [2.24, 2.45) is 0 Å². The van der Waals surface area contributed by atoms with E-state index >= 15 is 0 Å². The summed E-state index contributed by atoms with van der Waals surface area (Å²) in [6.45, 7) is 8.12. The standard InChI is InChI=1S/C23H26N4O2S/c1-17-5-3-6-19(13-17)15-26-9-11-27(12-10-26)23(28)21-7-4-8-24-22(21)30-16-20-14-18(2)29-25-20/h3-8,13-14H,9-12,15-16H2,1-2H3. The molecule has 0 unspecified atom stereocenters. The molecule has 30 heavy (non-hydrogen) atoms. The van der Waals surface area contributed by atoms with Crippen LogP contribution in [0.4, 0.5) is 0 Å². The normalized spacial score (nSPS) is 14.8. The largest absolute Gasteiger partial charge is 0.361 e. The highest BCUT2D eigenvalue weighted by Gasteiger charge is 2.24. The van der Waals surface area contributed by atoms with Gasteiger partial charge >= 0.3 is 0 Å². The minimum absolute atomic E-state index is 0.0529. The van der Waals surface area contributed by atoms with E-state index in [1.165, 1.54) is 22.9 Å². The van der Waals surface area contributed by atoms with E-state index in [4.69, 9.17) is 4.52 Å². The number of carbonyl (C=O) groups excluding carboxylic acids is 1. The molecule has 3 aromatic rings. The van der Waals surface area contributed by atoms with Gasteiger partial charge in [-0.2, -0.15) is 0 Å². The zero-order valence-corrected chi connectivity index (χ0v) is 18.2. The number of carbonyl (C=O) groups is 1. The Labute approximate surface area is 181 Å². The zero-order chi connectivity index (χ0) is 20.9. The van der Waals surface area contributed by atoms with Crippen LogP contribution in [-0.2, 0) is 12.3 Å². The van der Waals surface area contributed by atoms with E-state index in [-0.39, 0.29) is 5.91 Å². The first-order valence-corrected chi connectivity index (χ1v) is 11.1. The fraction of sp³-hybridized carbons (Fsp3) is 0.348. The summed E-state index contributed by atoms with van der Waals surface area (Å²) < 4.78 is 5.12. The van der Waals surface area contributed by atoms with E-state index in [0.717, 1.165) is 49.2 Å². The van der Waals surface area contributed by atoms with E-state index in [2.05, 4.69) is 46.2 Å². The van der Waals surface area contributed by atoms with Crippen molar-refractivity contribution in [3.8, 4) is 0 Å². The molecule has 156 valence electrons. The summed E-state index contributed by atoms with van der Waals surface area (Å²) >= 11 is 1.52. The van der Waals surface area contributed by atoms with Crippen LogP contribution in [0.5, 0.6) is 0 Å². The van der Waals surface area contributed by atoms with Crippen LogP contribution in [0.3, 0.4) is 0 Å². The molecule has 0 radical (unpaired) electrons. The topological polar surface area (TPSA) is 62.5 Å². The van der Waals surface area contributed by atoms with E-state index < -0.39 is 0 Å². The van der Waals surface area contributed by atoms with Crippen LogP contribution in [0.1, 0.15) is 32.9 Å². The van der Waals surface area contributed by atoms with Crippen molar-refractivity contribution in [2.75, 3.05) is 26.2 Å². The Morgan fingerprint density at radius 3 is 2.67 bits per heavy atom. The van der Waals surface area contributed by atoms with Crippen molar-refractivity contribution < 1.29 is 9.32 Å². The predicted octanol–water partition coefficient (Wildman–Crippen LogP) is 3.94. The molecule has 0 bridgehead atoms. The van der Waals surface area contributed by atoms with Gasteiger partial charge in [-0.3, -0.25) is 9.69 Å². The molecule has 2 aromatic heterocycles. The molecule has 0 atom stereocenters. The van der Waals surface area contributed by atoms with Gasteiger partial charge in [0, 0.05) is 50.7 Å². The molecule has 1 fully saturated rings. The summed E-state index contributed by atoms with van der Waals surface area (Å²) in [4.78, 5) is 22.0. The maximum absolute atomic E-state index is 13.2. The fourth-order valence-corrected chi connectivity index (χ4v) is 4.51. The molecule has 3 heterocycles. The predicted molar refractivity (Wildman–Crippen MR) is 117 cm³/mol. The van der Waals surface area contributed by atoms with Crippen molar-refractivity contribution in [1.82, 2.24) is 19.9 Å². The number of rotatable bonds is 6. The minimum atomic E-state index is 0.0529. The van der Waals surface area contributed by atoms with Gasteiger partial charge in [-0.1, -0.05) is 46.7 Å². The number of amides is 1. The van der Waals surface area contributed by atoms with Gasteiger partial charge < -0.3 is 9.42 Å². The van der Waals surface area contributed by atoms with Gasteiger partial charge in [0.1, 0.15) is 10.8 Å². The molecule has 1 aromatic carbocycles. The van der Waals surface area contributed by atoms with Gasteiger partial charge in [-0.25, -0.2) is 4.98 Å². The molecule has 0 aliphatic carbocycles. The Balaban J connectivity index is 1.36. The highest BCUT2D eigenvalue weighted by atomic mass is 32.2. The van der Waals surface area contributed by atoms with Crippen LogP contribution in [0, 0.1) is 13.8 Å². The number of nitrogens with zero attached hydrogens (tertiary/aromatic N) is 4. The molecular formula is C23H26N4O2S. The number of hydrogen-bond acceptors (Lipinski definition) is 6. The van der Waals surface area contributed by atoms with Crippen LogP contribution in [0.15, 0.2) is 58.2 Å². The molecule has 1 aliphatic rings. The van der Waals surface area contributed by atoms with Crippen LogP contribution >= 0.6 is 11.8 Å². The van der Waals surface area contributed by atoms with Gasteiger partial charge in [0.05, 0.1) is 11.3 Å². The molecule has 7 heteroatoms. The second kappa shape index (κ2) is 9.45. The summed E-state index contributed by atoms with van der Waals surface area (Å²) in [6.07, 6.45) is 1.73. The fourth-order valence-electron chi connectivity index (χ4n) is 3.64. The van der Waals surface area contributed by atoms with Gasteiger partial charge in [-0.05, 0) is 31.5 Å². The molecule has 1 aliphatic heterocycles. The van der Waals surface area contributed by atoms with Gasteiger partial charge in [0.2, 0.25) is 0 Å². The SMILES string of the molecule is Cc1cccc(CN2CCN(C(=O)c3cccnc3SCc3cc(C)on3)CC2)c1. The lowest BCUT2D eigenvalue weighted by molar-refractivity contribution is 0.0624. The van der Waals surface area contributed by atoms with Crippen molar-refractivity contribution in [2.45, 2.75) is 31.2 Å². The van der Waals surface area contributed by atoms with Crippen LogP contribution < -0.4 is 0 Å².